The van der Waals surface area contributed by atoms with Crippen LogP contribution in [0.3, 0.4) is 0 Å². The molecule has 6 saturated carbocycles. The van der Waals surface area contributed by atoms with Crippen LogP contribution in [-0.4, -0.2) is 52.8 Å². The summed E-state index contributed by atoms with van der Waals surface area (Å²) < 4.78 is 6.20. The average molecular weight is 762 g/mol. The minimum absolute atomic E-state index is 0.0426. The third-order valence-corrected chi connectivity index (χ3v) is 19.6. The number of amides is 1. The molecule has 7 aliphatic rings. The van der Waals surface area contributed by atoms with Crippen molar-refractivity contribution in [3.05, 3.63) is 12.2 Å². The van der Waals surface area contributed by atoms with Gasteiger partial charge in [-0.15, -0.1) is 0 Å². The zero-order valence-corrected chi connectivity index (χ0v) is 36.3. The predicted molar refractivity (Wildman–Crippen MR) is 216 cm³/mol. The van der Waals surface area contributed by atoms with Crippen molar-refractivity contribution >= 4 is 23.6 Å². The lowest BCUT2D eigenvalue weighted by atomic mass is 9.32. The minimum Gasteiger partial charge on any atom is -0.481 e. The van der Waals surface area contributed by atoms with Crippen molar-refractivity contribution in [1.29, 1.82) is 0 Å². The lowest BCUT2D eigenvalue weighted by molar-refractivity contribution is -0.249. The molecule has 0 bridgehead atoms. The Morgan fingerprint density at radius 2 is 1.47 bits per heavy atom. The van der Waals surface area contributed by atoms with Gasteiger partial charge >= 0.3 is 11.9 Å². The van der Waals surface area contributed by atoms with E-state index in [2.05, 4.69) is 66.9 Å². The van der Waals surface area contributed by atoms with Gasteiger partial charge in [-0.05, 0) is 161 Å². The smallest absolute Gasteiger partial charge is 0.309 e. The zero-order chi connectivity index (χ0) is 40.3. The maximum Gasteiger partial charge on any atom is 0.309 e. The molecular weight excluding hydrogens is 687 g/mol. The number of carbonyl (C=O) groups is 4. The van der Waals surface area contributed by atoms with Crippen LogP contribution in [0, 0.1) is 79.3 Å². The number of nitrogens with zero attached hydrogens (tertiary/aromatic N) is 1. The lowest BCUT2D eigenvalue weighted by Gasteiger charge is -2.73. The summed E-state index contributed by atoms with van der Waals surface area (Å²) >= 11 is 0. The molecule has 12 atom stereocenters. The van der Waals surface area contributed by atoms with Crippen molar-refractivity contribution < 1.29 is 29.0 Å². The number of Topliss-reactive ketones (excluding diaryl/α,β-unsaturated/α-hetero) is 1. The van der Waals surface area contributed by atoms with Crippen molar-refractivity contribution in [3.8, 4) is 0 Å². The largest absolute Gasteiger partial charge is 0.481 e. The van der Waals surface area contributed by atoms with Crippen molar-refractivity contribution in [2.45, 2.75) is 172 Å². The lowest BCUT2D eigenvalue weighted by Crippen LogP contribution is -2.67. The van der Waals surface area contributed by atoms with Crippen LogP contribution in [0.25, 0.3) is 0 Å². The van der Waals surface area contributed by atoms with Gasteiger partial charge in [0.25, 0.3) is 0 Å². The Morgan fingerprint density at radius 3 is 2.09 bits per heavy atom. The van der Waals surface area contributed by atoms with E-state index in [1.807, 2.05) is 0 Å². The molecule has 0 unspecified atom stereocenters. The number of likely N-dealkylation sites (tertiary alicyclic amines) is 1. The molecule has 7 heteroatoms. The molecule has 0 aromatic heterocycles. The van der Waals surface area contributed by atoms with Gasteiger partial charge in [0, 0.05) is 36.3 Å². The summed E-state index contributed by atoms with van der Waals surface area (Å²) in [5.74, 6) is 1.92. The van der Waals surface area contributed by atoms with Crippen LogP contribution in [0.15, 0.2) is 12.2 Å². The zero-order valence-electron chi connectivity index (χ0n) is 36.3. The molecular formula is C48H75NO6. The standard InChI is InChI=1S/C48H75NO6/c1-29(2)31-16-21-48(36(50)27-30-26-33(43(30,5)6)40(52)49-24-12-13-25-49)23-22-46(10)32(39(31)48)14-15-35-45(9)19-18-37(55-38(51)28-42(3,4)41(53)54)44(7,8)34(45)17-20-47(35,46)11/h30-35,37,39H,1,12-28H2,2-11H3,(H,53,54)/t30-,31-,32+,33+,34-,35+,37-,39+,45-,46+,47+,48+/m0/s1. The number of hydrogen-bond acceptors (Lipinski definition) is 5. The molecule has 7 fully saturated rings. The van der Waals surface area contributed by atoms with Gasteiger partial charge in [0.2, 0.25) is 5.91 Å². The van der Waals surface area contributed by atoms with Gasteiger partial charge in [-0.2, -0.15) is 0 Å². The molecule has 1 amide bonds. The predicted octanol–water partition coefficient (Wildman–Crippen LogP) is 10.3. The molecule has 55 heavy (non-hydrogen) atoms. The molecule has 0 radical (unpaired) electrons. The first-order valence-corrected chi connectivity index (χ1v) is 22.4. The Kier molecular flexibility index (Phi) is 10.0. The minimum atomic E-state index is -1.15. The first kappa shape index (κ1) is 41.0. The van der Waals surface area contributed by atoms with E-state index in [0.29, 0.717) is 47.7 Å². The fourth-order valence-electron chi connectivity index (χ4n) is 15.8. The highest BCUT2D eigenvalue weighted by atomic mass is 16.5. The SMILES string of the molecule is C=C(C)[C@@H]1CC[C@]2(C(=O)C[C@@H]3C[C@H](C(=O)N4CCCC4)C3(C)C)CC[C@]3(C)[C@H](CC[C@@H]4[C@@]5(C)CC[C@H](OC(=O)CC(C)(C)C(=O)O)C(C)(C)[C@@H]5CC[C@]43C)[C@@H]12. The Morgan fingerprint density at radius 1 is 0.800 bits per heavy atom. The summed E-state index contributed by atoms with van der Waals surface area (Å²) in [5.41, 5.74) is -0.159. The summed E-state index contributed by atoms with van der Waals surface area (Å²) in [6, 6.07) is 0. The van der Waals surface area contributed by atoms with Crippen molar-refractivity contribution in [3.63, 3.8) is 0 Å². The molecule has 1 saturated heterocycles. The van der Waals surface area contributed by atoms with Crippen LogP contribution in [0.5, 0.6) is 0 Å². The summed E-state index contributed by atoms with van der Waals surface area (Å²) in [6.45, 7) is 28.7. The van der Waals surface area contributed by atoms with Crippen LogP contribution < -0.4 is 0 Å². The van der Waals surface area contributed by atoms with E-state index in [9.17, 15) is 19.5 Å². The molecule has 7 rings (SSSR count). The topological polar surface area (TPSA) is 101 Å². The van der Waals surface area contributed by atoms with Gasteiger partial charge in [-0.1, -0.05) is 60.6 Å². The molecule has 1 N–H and O–H groups in total. The Balaban J connectivity index is 1.11. The molecule has 308 valence electrons. The highest BCUT2D eigenvalue weighted by molar-refractivity contribution is 5.87. The maximum atomic E-state index is 15.1. The fourth-order valence-corrected chi connectivity index (χ4v) is 15.8. The number of esters is 1. The highest BCUT2D eigenvalue weighted by Gasteiger charge is 2.72. The van der Waals surface area contributed by atoms with E-state index in [1.165, 1.54) is 12.0 Å². The number of ether oxygens (including phenoxy) is 1. The van der Waals surface area contributed by atoms with E-state index in [1.54, 1.807) is 13.8 Å². The summed E-state index contributed by atoms with van der Waals surface area (Å²) in [6.07, 6.45) is 13.9. The average Bonchev–Trinajstić information content (AvgIpc) is 3.77. The van der Waals surface area contributed by atoms with E-state index < -0.39 is 17.4 Å². The monoisotopic (exact) mass is 762 g/mol. The normalized spacial score (nSPS) is 44.2. The number of allylic oxidation sites excluding steroid dienone is 1. The van der Waals surface area contributed by atoms with Gasteiger partial charge in [-0.3, -0.25) is 19.2 Å². The third-order valence-electron chi connectivity index (χ3n) is 19.6. The summed E-state index contributed by atoms with van der Waals surface area (Å²) in [4.78, 5) is 55.5. The van der Waals surface area contributed by atoms with Gasteiger partial charge in [-0.25, -0.2) is 0 Å². The number of fused-ring (bicyclic) bond motifs is 7. The van der Waals surface area contributed by atoms with Gasteiger partial charge in [0.15, 0.2) is 0 Å². The van der Waals surface area contributed by atoms with E-state index in [4.69, 9.17) is 4.74 Å². The van der Waals surface area contributed by atoms with E-state index >= 15 is 4.79 Å². The molecule has 0 spiro atoms. The number of aliphatic carboxylic acids is 1. The number of carboxylic acids is 1. The van der Waals surface area contributed by atoms with Crippen LogP contribution in [0.2, 0.25) is 0 Å². The van der Waals surface area contributed by atoms with Gasteiger partial charge < -0.3 is 14.7 Å². The first-order chi connectivity index (χ1) is 25.5. The van der Waals surface area contributed by atoms with Crippen LogP contribution in [0.1, 0.15) is 166 Å². The fraction of sp³-hybridized carbons (Fsp3) is 0.875. The molecule has 0 aromatic rings. The van der Waals surface area contributed by atoms with Crippen LogP contribution >= 0.6 is 0 Å². The Hall–Kier alpha value is -2.18. The Bertz CT molecular complexity index is 1600. The maximum absolute atomic E-state index is 15.1. The van der Waals surface area contributed by atoms with Crippen LogP contribution in [0.4, 0.5) is 0 Å². The summed E-state index contributed by atoms with van der Waals surface area (Å²) in [7, 11) is 0. The van der Waals surface area contributed by atoms with E-state index in [0.717, 1.165) is 90.1 Å². The van der Waals surface area contributed by atoms with Gasteiger partial charge in [0.05, 0.1) is 11.8 Å². The molecule has 7 nitrogen and oxygen atoms in total. The highest BCUT2D eigenvalue weighted by Crippen LogP contribution is 2.78. The Labute approximate surface area is 332 Å². The second-order valence-corrected chi connectivity index (χ2v) is 23.0. The number of rotatable bonds is 9. The molecule has 0 aromatic carbocycles. The first-order valence-electron chi connectivity index (χ1n) is 22.4. The van der Waals surface area contributed by atoms with Crippen molar-refractivity contribution in [2.24, 2.45) is 79.3 Å². The second-order valence-electron chi connectivity index (χ2n) is 23.0. The number of carboxylic acid groups (broad SMARTS) is 1. The molecule has 1 aliphatic heterocycles. The third kappa shape index (κ3) is 5.97. The number of carbonyl (C=O) groups excluding carboxylic acids is 3. The quantitative estimate of drug-likeness (QED) is 0.185. The summed E-state index contributed by atoms with van der Waals surface area (Å²) in [5, 5.41) is 9.64. The second kappa shape index (κ2) is 13.4. The van der Waals surface area contributed by atoms with Crippen molar-refractivity contribution in [2.75, 3.05) is 13.1 Å². The van der Waals surface area contributed by atoms with Crippen LogP contribution in [-0.2, 0) is 23.9 Å². The van der Waals surface area contributed by atoms with E-state index in [-0.39, 0.29) is 56.9 Å². The number of ketones is 1. The molecule has 6 aliphatic carbocycles. The molecule has 1 heterocycles. The van der Waals surface area contributed by atoms with Crippen molar-refractivity contribution in [1.82, 2.24) is 4.90 Å². The van der Waals surface area contributed by atoms with Gasteiger partial charge in [0.1, 0.15) is 11.9 Å². The number of hydrogen-bond donors (Lipinski definition) is 1.